The molecule has 0 radical (unpaired) electrons. The van der Waals surface area contributed by atoms with Crippen molar-refractivity contribution >= 4 is 53.4 Å². The Hall–Kier alpha value is -7.21. The normalized spacial score (nSPS) is 11.6. The molecular weight excluding hydrogens is 703 g/mol. The first-order valence-electron chi connectivity index (χ1n) is 18.7. The summed E-state index contributed by atoms with van der Waals surface area (Å²) in [7, 11) is 0. The van der Waals surface area contributed by atoms with Crippen LogP contribution in [0.3, 0.4) is 0 Å². The second kappa shape index (κ2) is 13.3. The number of rotatable bonds is 6. The summed E-state index contributed by atoms with van der Waals surface area (Å²) in [6.07, 6.45) is 0. The number of hydrogen-bond donors (Lipinski definition) is 0. The number of thiophene rings is 1. The van der Waals surface area contributed by atoms with Gasteiger partial charge in [-0.25, -0.2) is 15.0 Å². The zero-order chi connectivity index (χ0) is 37.0. The fourth-order valence-corrected chi connectivity index (χ4v) is 9.00. The van der Waals surface area contributed by atoms with E-state index in [1.54, 1.807) is 0 Å². The van der Waals surface area contributed by atoms with E-state index in [1.807, 2.05) is 53.8 Å². The lowest BCUT2D eigenvalue weighted by atomic mass is 9.86. The van der Waals surface area contributed by atoms with Crippen LogP contribution >= 0.6 is 11.3 Å². The van der Waals surface area contributed by atoms with E-state index >= 15 is 0 Å². The molecule has 0 bridgehead atoms. The Labute approximate surface area is 327 Å². The van der Waals surface area contributed by atoms with E-state index in [-0.39, 0.29) is 0 Å². The molecule has 3 heterocycles. The second-order valence-corrected chi connectivity index (χ2v) is 15.0. The minimum Gasteiger partial charge on any atom is -0.455 e. The van der Waals surface area contributed by atoms with Crippen LogP contribution in [-0.2, 0) is 0 Å². The summed E-state index contributed by atoms with van der Waals surface area (Å²) >= 11 is 1.83. The molecule has 5 heteroatoms. The summed E-state index contributed by atoms with van der Waals surface area (Å²) in [6, 6.07) is 65.8. The molecule has 0 fully saturated rings. The van der Waals surface area contributed by atoms with Crippen molar-refractivity contribution in [1.29, 1.82) is 0 Å². The minimum atomic E-state index is 0.551. The van der Waals surface area contributed by atoms with Crippen molar-refractivity contribution < 1.29 is 4.42 Å². The van der Waals surface area contributed by atoms with Crippen LogP contribution in [0.5, 0.6) is 0 Å². The largest absolute Gasteiger partial charge is 0.455 e. The Morgan fingerprint density at radius 3 is 1.71 bits per heavy atom. The van der Waals surface area contributed by atoms with Crippen LogP contribution in [-0.4, -0.2) is 15.0 Å². The lowest BCUT2D eigenvalue weighted by Crippen LogP contribution is -2.02. The SMILES string of the molecule is c1ccc(-c2cc(-c3ccc4sc5ccccc5c4c3)c(-c3ccccc3)c(-c3nc(-c4ccccc4)nc(-c4cccc5c4oc4ccccc45)n3)c2)cc1. The maximum absolute atomic E-state index is 6.54. The van der Waals surface area contributed by atoms with Gasteiger partial charge in [-0.05, 0) is 70.3 Å². The molecular formula is C51H31N3OS. The number of hydrogen-bond acceptors (Lipinski definition) is 5. The first-order chi connectivity index (χ1) is 27.7. The molecule has 0 aliphatic carbocycles. The van der Waals surface area contributed by atoms with Gasteiger partial charge in [-0.2, -0.15) is 0 Å². The van der Waals surface area contributed by atoms with Crippen molar-refractivity contribution in [3.63, 3.8) is 0 Å². The Kier molecular flexibility index (Phi) is 7.64. The molecule has 11 rings (SSSR count). The topological polar surface area (TPSA) is 51.8 Å². The van der Waals surface area contributed by atoms with Gasteiger partial charge in [-0.3, -0.25) is 0 Å². The Morgan fingerprint density at radius 1 is 0.339 bits per heavy atom. The number of para-hydroxylation sites is 2. The molecule has 0 saturated heterocycles. The van der Waals surface area contributed by atoms with E-state index in [2.05, 4.69) is 146 Å². The standard InChI is InChI=1S/C51H31N3OS/c1-4-15-32(16-5-1)36-30-41(35-27-28-46-42(29-35)38-22-11-13-26-45(38)56-46)47(33-17-6-2-7-18-33)43(31-36)51-53-49(34-19-8-3-9-20-34)52-50(54-51)40-24-14-23-39-37-21-10-12-25-44(37)55-48(39)40/h1-31H. The van der Waals surface area contributed by atoms with Crippen molar-refractivity contribution in [2.75, 3.05) is 0 Å². The van der Waals surface area contributed by atoms with Crippen molar-refractivity contribution in [3.8, 4) is 67.5 Å². The third-order valence-electron chi connectivity index (χ3n) is 10.5. The van der Waals surface area contributed by atoms with Crippen molar-refractivity contribution in [3.05, 3.63) is 188 Å². The highest BCUT2D eigenvalue weighted by molar-refractivity contribution is 7.25. The molecule has 0 N–H and O–H groups in total. The highest BCUT2D eigenvalue weighted by Gasteiger charge is 2.23. The number of nitrogens with zero attached hydrogens (tertiary/aromatic N) is 3. The van der Waals surface area contributed by atoms with E-state index < -0.39 is 0 Å². The van der Waals surface area contributed by atoms with Crippen LogP contribution in [0.4, 0.5) is 0 Å². The van der Waals surface area contributed by atoms with Crippen molar-refractivity contribution in [2.45, 2.75) is 0 Å². The predicted octanol–water partition coefficient (Wildman–Crippen LogP) is 14.1. The molecule has 8 aromatic carbocycles. The molecule has 0 aliphatic heterocycles. The van der Waals surface area contributed by atoms with Gasteiger partial charge < -0.3 is 4.42 Å². The fraction of sp³-hybridized carbons (Fsp3) is 0. The molecule has 0 saturated carbocycles. The third-order valence-corrected chi connectivity index (χ3v) is 11.7. The molecule has 11 aromatic rings. The van der Waals surface area contributed by atoms with Crippen LogP contribution in [0.1, 0.15) is 0 Å². The predicted molar refractivity (Wildman–Crippen MR) is 233 cm³/mol. The van der Waals surface area contributed by atoms with Crippen molar-refractivity contribution in [2.24, 2.45) is 0 Å². The highest BCUT2D eigenvalue weighted by atomic mass is 32.1. The summed E-state index contributed by atoms with van der Waals surface area (Å²) in [6.45, 7) is 0. The summed E-state index contributed by atoms with van der Waals surface area (Å²) in [5, 5.41) is 4.60. The smallest absolute Gasteiger partial charge is 0.167 e. The molecule has 0 unspecified atom stereocenters. The van der Waals surface area contributed by atoms with E-state index in [0.717, 1.165) is 72.0 Å². The van der Waals surface area contributed by atoms with Crippen LogP contribution in [0.15, 0.2) is 192 Å². The molecule has 262 valence electrons. The number of furan rings is 1. The first-order valence-corrected chi connectivity index (χ1v) is 19.5. The maximum Gasteiger partial charge on any atom is 0.167 e. The van der Waals surface area contributed by atoms with E-state index in [4.69, 9.17) is 19.4 Å². The zero-order valence-corrected chi connectivity index (χ0v) is 30.9. The van der Waals surface area contributed by atoms with Gasteiger partial charge in [0.1, 0.15) is 11.2 Å². The molecule has 0 aliphatic rings. The molecule has 0 atom stereocenters. The molecule has 0 spiro atoms. The van der Waals surface area contributed by atoms with E-state index in [9.17, 15) is 0 Å². The lowest BCUT2D eigenvalue weighted by Gasteiger charge is -2.19. The monoisotopic (exact) mass is 733 g/mol. The average molecular weight is 734 g/mol. The molecule has 56 heavy (non-hydrogen) atoms. The Morgan fingerprint density at radius 2 is 0.929 bits per heavy atom. The minimum absolute atomic E-state index is 0.551. The Balaban J connectivity index is 1.24. The molecule has 0 amide bonds. The van der Waals surface area contributed by atoms with Gasteiger partial charge in [-0.1, -0.05) is 146 Å². The van der Waals surface area contributed by atoms with Gasteiger partial charge in [-0.15, -0.1) is 11.3 Å². The second-order valence-electron chi connectivity index (χ2n) is 13.9. The maximum atomic E-state index is 6.54. The van der Waals surface area contributed by atoms with Crippen LogP contribution in [0.2, 0.25) is 0 Å². The molecule has 4 nitrogen and oxygen atoms in total. The summed E-state index contributed by atoms with van der Waals surface area (Å²) < 4.78 is 9.09. The van der Waals surface area contributed by atoms with E-state index in [0.29, 0.717) is 17.5 Å². The van der Waals surface area contributed by atoms with Crippen LogP contribution in [0.25, 0.3) is 110 Å². The number of aromatic nitrogens is 3. The van der Waals surface area contributed by atoms with Gasteiger partial charge >= 0.3 is 0 Å². The number of benzene rings is 8. The Bertz CT molecular complexity index is 3240. The van der Waals surface area contributed by atoms with Crippen LogP contribution in [0, 0.1) is 0 Å². The average Bonchev–Trinajstić information content (AvgIpc) is 3.85. The quantitative estimate of drug-likeness (QED) is 0.171. The third kappa shape index (κ3) is 5.48. The lowest BCUT2D eigenvalue weighted by molar-refractivity contribution is 0.669. The summed E-state index contributed by atoms with van der Waals surface area (Å²) in [5.74, 6) is 1.73. The summed E-state index contributed by atoms with van der Waals surface area (Å²) in [4.78, 5) is 15.8. The van der Waals surface area contributed by atoms with Gasteiger partial charge in [0.25, 0.3) is 0 Å². The van der Waals surface area contributed by atoms with Gasteiger partial charge in [0.2, 0.25) is 0 Å². The summed E-state index contributed by atoms with van der Waals surface area (Å²) in [5.41, 5.74) is 10.8. The zero-order valence-electron chi connectivity index (χ0n) is 30.1. The number of fused-ring (bicyclic) bond motifs is 6. The van der Waals surface area contributed by atoms with Gasteiger partial charge in [0.15, 0.2) is 17.5 Å². The van der Waals surface area contributed by atoms with Crippen LogP contribution < -0.4 is 0 Å². The first kappa shape index (κ1) is 32.2. The fourth-order valence-electron chi connectivity index (χ4n) is 7.91. The van der Waals surface area contributed by atoms with E-state index in [1.165, 1.54) is 20.2 Å². The van der Waals surface area contributed by atoms with Crippen molar-refractivity contribution in [1.82, 2.24) is 15.0 Å². The van der Waals surface area contributed by atoms with Gasteiger partial charge in [0.05, 0.1) is 5.56 Å². The van der Waals surface area contributed by atoms with Gasteiger partial charge in [0, 0.05) is 47.6 Å². The molecule has 3 aromatic heterocycles. The highest BCUT2D eigenvalue weighted by Crippen LogP contribution is 2.45.